The van der Waals surface area contributed by atoms with Crippen LogP contribution < -0.4 is 10.6 Å². The lowest BCUT2D eigenvalue weighted by atomic mass is 10.2. The van der Waals surface area contributed by atoms with Gasteiger partial charge in [-0.3, -0.25) is 4.79 Å². The van der Waals surface area contributed by atoms with E-state index in [-0.39, 0.29) is 5.91 Å². The number of hydrogen-bond acceptors (Lipinski definition) is 3. The van der Waals surface area contributed by atoms with Crippen molar-refractivity contribution < 1.29 is 4.79 Å². The first-order chi connectivity index (χ1) is 9.11. The van der Waals surface area contributed by atoms with Crippen LogP contribution in [0.25, 0.3) is 0 Å². The molecule has 0 unspecified atom stereocenters. The van der Waals surface area contributed by atoms with Crippen molar-refractivity contribution in [2.24, 2.45) is 5.92 Å². The lowest BCUT2D eigenvalue weighted by molar-refractivity contribution is -0.121. The number of hydrogen-bond donors (Lipinski definition) is 2. The van der Waals surface area contributed by atoms with Crippen LogP contribution in [-0.4, -0.2) is 23.6 Å². The van der Waals surface area contributed by atoms with E-state index in [4.69, 9.17) is 5.26 Å². The lowest BCUT2D eigenvalue weighted by Gasteiger charge is -2.06. The van der Waals surface area contributed by atoms with Crippen LogP contribution in [0.1, 0.15) is 25.8 Å². The Bertz CT molecular complexity index is 431. The maximum Gasteiger partial charge on any atom is 0.239 e. The molecule has 1 aromatic heterocycles. The predicted octanol–water partition coefficient (Wildman–Crippen LogP) is 1.26. The highest BCUT2D eigenvalue weighted by Gasteiger charge is 2.03. The number of carbonyl (C=O) groups is 1. The molecule has 1 rings (SSSR count). The van der Waals surface area contributed by atoms with E-state index in [0.717, 1.165) is 13.1 Å². The van der Waals surface area contributed by atoms with Crippen LogP contribution in [0, 0.1) is 17.2 Å². The van der Waals surface area contributed by atoms with E-state index >= 15 is 0 Å². The summed E-state index contributed by atoms with van der Waals surface area (Å²) in [5.74, 6) is 0.570. The molecule has 5 nitrogen and oxygen atoms in total. The maximum absolute atomic E-state index is 11.5. The summed E-state index contributed by atoms with van der Waals surface area (Å²) >= 11 is 0. The smallest absolute Gasteiger partial charge is 0.239 e. The van der Waals surface area contributed by atoms with Gasteiger partial charge in [0.25, 0.3) is 0 Å². The average molecular weight is 262 g/mol. The molecule has 0 bridgehead atoms. The quantitative estimate of drug-likeness (QED) is 0.693. The van der Waals surface area contributed by atoms with Crippen LogP contribution in [0.3, 0.4) is 0 Å². The first kappa shape index (κ1) is 15.3. The summed E-state index contributed by atoms with van der Waals surface area (Å²) in [5, 5.41) is 14.4. The second-order valence-electron chi connectivity index (χ2n) is 4.97. The van der Waals surface area contributed by atoms with Crippen LogP contribution in [0.2, 0.25) is 0 Å². The number of rotatable bonds is 8. The molecule has 1 heterocycles. The molecule has 19 heavy (non-hydrogen) atoms. The van der Waals surface area contributed by atoms with Crippen molar-refractivity contribution in [3.05, 3.63) is 24.0 Å². The highest BCUT2D eigenvalue weighted by atomic mass is 16.1. The summed E-state index contributed by atoms with van der Waals surface area (Å²) in [6.45, 7) is 6.86. The van der Waals surface area contributed by atoms with E-state index in [9.17, 15) is 4.79 Å². The minimum absolute atomic E-state index is 0.0625. The number of nitrogens with zero attached hydrogens (tertiary/aromatic N) is 2. The zero-order chi connectivity index (χ0) is 14.1. The number of amides is 1. The van der Waals surface area contributed by atoms with Crippen molar-refractivity contribution in [2.75, 3.05) is 13.1 Å². The summed E-state index contributed by atoms with van der Waals surface area (Å²) in [7, 11) is 0. The van der Waals surface area contributed by atoms with E-state index in [2.05, 4.69) is 24.5 Å². The molecule has 0 atom stereocenters. The van der Waals surface area contributed by atoms with E-state index in [1.807, 2.05) is 29.1 Å². The van der Waals surface area contributed by atoms with Crippen molar-refractivity contribution in [3.8, 4) is 6.07 Å². The molecule has 1 aromatic rings. The Kier molecular flexibility index (Phi) is 6.69. The highest BCUT2D eigenvalue weighted by Crippen LogP contribution is 2.01. The van der Waals surface area contributed by atoms with E-state index in [0.29, 0.717) is 25.4 Å². The van der Waals surface area contributed by atoms with Crippen LogP contribution in [0.5, 0.6) is 0 Å². The molecule has 0 aliphatic heterocycles. The van der Waals surface area contributed by atoms with Gasteiger partial charge in [-0.2, -0.15) is 5.26 Å². The normalized spacial score (nSPS) is 10.4. The summed E-state index contributed by atoms with van der Waals surface area (Å²) in [5.41, 5.74) is 1.17. The number of nitriles is 1. The molecule has 0 fully saturated rings. The van der Waals surface area contributed by atoms with Gasteiger partial charge in [0.1, 0.15) is 6.54 Å². The topological polar surface area (TPSA) is 69.8 Å². The Morgan fingerprint density at radius 1 is 1.53 bits per heavy atom. The van der Waals surface area contributed by atoms with E-state index < -0.39 is 0 Å². The first-order valence-electron chi connectivity index (χ1n) is 6.61. The van der Waals surface area contributed by atoms with Gasteiger partial charge in [0.2, 0.25) is 5.91 Å². The van der Waals surface area contributed by atoms with Crippen LogP contribution in [0.4, 0.5) is 0 Å². The van der Waals surface area contributed by atoms with Gasteiger partial charge >= 0.3 is 0 Å². The summed E-state index contributed by atoms with van der Waals surface area (Å²) < 4.78 is 1.86. The Morgan fingerprint density at radius 3 is 3.00 bits per heavy atom. The molecule has 1 amide bonds. The Balaban J connectivity index is 2.30. The average Bonchev–Trinajstić information content (AvgIpc) is 2.76. The van der Waals surface area contributed by atoms with Gasteiger partial charge < -0.3 is 15.2 Å². The zero-order valence-corrected chi connectivity index (χ0v) is 11.6. The second kappa shape index (κ2) is 8.33. The molecule has 0 aliphatic carbocycles. The SMILES string of the molecule is CC(C)CNCc1ccn(CC(=O)NCCC#N)c1. The van der Waals surface area contributed by atoms with Crippen LogP contribution in [0.15, 0.2) is 18.5 Å². The maximum atomic E-state index is 11.5. The van der Waals surface area contributed by atoms with Crippen molar-refractivity contribution in [1.82, 2.24) is 15.2 Å². The summed E-state index contributed by atoms with van der Waals surface area (Å²) in [6, 6.07) is 4.00. The Morgan fingerprint density at radius 2 is 2.32 bits per heavy atom. The first-order valence-corrected chi connectivity index (χ1v) is 6.61. The van der Waals surface area contributed by atoms with E-state index in [1.165, 1.54) is 5.56 Å². The largest absolute Gasteiger partial charge is 0.354 e. The molecule has 2 N–H and O–H groups in total. The van der Waals surface area contributed by atoms with Crippen molar-refractivity contribution >= 4 is 5.91 Å². The fourth-order valence-electron chi connectivity index (χ4n) is 1.68. The van der Waals surface area contributed by atoms with Gasteiger partial charge in [-0.05, 0) is 24.1 Å². The molecule has 0 saturated carbocycles. The molecule has 0 spiro atoms. The molecular formula is C14H22N4O. The van der Waals surface area contributed by atoms with Crippen molar-refractivity contribution in [1.29, 1.82) is 5.26 Å². The van der Waals surface area contributed by atoms with Crippen LogP contribution in [-0.2, 0) is 17.9 Å². The van der Waals surface area contributed by atoms with Gasteiger partial charge in [0, 0.05) is 25.5 Å². The van der Waals surface area contributed by atoms with Crippen molar-refractivity contribution in [2.45, 2.75) is 33.4 Å². The molecule has 5 heteroatoms. The number of carbonyl (C=O) groups excluding carboxylic acids is 1. The minimum Gasteiger partial charge on any atom is -0.354 e. The zero-order valence-electron chi connectivity index (χ0n) is 11.6. The third-order valence-corrected chi connectivity index (χ3v) is 2.58. The highest BCUT2D eigenvalue weighted by molar-refractivity contribution is 5.75. The molecular weight excluding hydrogens is 240 g/mol. The van der Waals surface area contributed by atoms with Crippen molar-refractivity contribution in [3.63, 3.8) is 0 Å². The molecule has 0 aromatic carbocycles. The van der Waals surface area contributed by atoms with Gasteiger partial charge in [0.05, 0.1) is 12.5 Å². The fourth-order valence-corrected chi connectivity index (χ4v) is 1.68. The summed E-state index contributed by atoms with van der Waals surface area (Å²) in [6.07, 6.45) is 4.22. The molecule has 0 saturated heterocycles. The van der Waals surface area contributed by atoms with E-state index in [1.54, 1.807) is 0 Å². The van der Waals surface area contributed by atoms with Gasteiger partial charge in [-0.1, -0.05) is 13.8 Å². The molecule has 0 radical (unpaired) electrons. The second-order valence-corrected chi connectivity index (χ2v) is 4.97. The lowest BCUT2D eigenvalue weighted by Crippen LogP contribution is -2.27. The fraction of sp³-hybridized carbons (Fsp3) is 0.571. The standard InChI is InChI=1S/C14H22N4O/c1-12(2)8-16-9-13-4-7-18(10-13)11-14(19)17-6-3-5-15/h4,7,10,12,16H,3,6,8-9,11H2,1-2H3,(H,17,19). The number of aromatic nitrogens is 1. The van der Waals surface area contributed by atoms with Gasteiger partial charge in [-0.15, -0.1) is 0 Å². The summed E-state index contributed by atoms with van der Waals surface area (Å²) in [4.78, 5) is 11.5. The third kappa shape index (κ3) is 6.63. The van der Waals surface area contributed by atoms with Gasteiger partial charge in [0.15, 0.2) is 0 Å². The molecule has 0 aliphatic rings. The predicted molar refractivity (Wildman–Crippen MR) is 74.2 cm³/mol. The minimum atomic E-state index is -0.0625. The third-order valence-electron chi connectivity index (χ3n) is 2.58. The monoisotopic (exact) mass is 262 g/mol. The molecule has 104 valence electrons. The Labute approximate surface area is 114 Å². The number of nitrogens with one attached hydrogen (secondary N) is 2. The van der Waals surface area contributed by atoms with Gasteiger partial charge in [-0.25, -0.2) is 0 Å². The van der Waals surface area contributed by atoms with Crippen LogP contribution >= 0.6 is 0 Å². The Hall–Kier alpha value is -1.80.